The fourth-order valence-corrected chi connectivity index (χ4v) is 1.28. The number of rotatable bonds is 5. The van der Waals surface area contributed by atoms with Gasteiger partial charge < -0.3 is 0 Å². The Labute approximate surface area is 85.5 Å². The molecule has 14 heavy (non-hydrogen) atoms. The summed E-state index contributed by atoms with van der Waals surface area (Å²) in [5.74, 6) is 0.312. The molecule has 0 N–H and O–H groups in total. The molecule has 74 valence electrons. The van der Waals surface area contributed by atoms with Gasteiger partial charge in [-0.15, -0.1) is 0 Å². The lowest BCUT2D eigenvalue weighted by molar-refractivity contribution is -0.118. The molecule has 1 nitrogen and oxygen atoms in total. The van der Waals surface area contributed by atoms with Crippen molar-refractivity contribution in [2.75, 3.05) is 0 Å². The summed E-state index contributed by atoms with van der Waals surface area (Å²) < 4.78 is 0. The number of carbonyl (C=O) groups excluding carboxylic acids is 1. The van der Waals surface area contributed by atoms with Gasteiger partial charge in [0.1, 0.15) is 5.78 Å². The maximum Gasteiger partial charge on any atom is 0.136 e. The Morgan fingerprint density at radius 1 is 1.29 bits per heavy atom. The van der Waals surface area contributed by atoms with Crippen molar-refractivity contribution in [3.8, 4) is 0 Å². The van der Waals surface area contributed by atoms with Gasteiger partial charge in [-0.05, 0) is 18.9 Å². The van der Waals surface area contributed by atoms with E-state index in [0.29, 0.717) is 18.6 Å². The van der Waals surface area contributed by atoms with E-state index in [2.05, 4.69) is 12.1 Å². The minimum atomic E-state index is 0.312. The second kappa shape index (κ2) is 6.14. The quantitative estimate of drug-likeness (QED) is 0.649. The summed E-state index contributed by atoms with van der Waals surface area (Å²) in [5, 5.41) is 0. The molecule has 0 unspecified atom stereocenters. The smallest absolute Gasteiger partial charge is 0.136 e. The predicted octanol–water partition coefficient (Wildman–Crippen LogP) is 3.15. The van der Waals surface area contributed by atoms with E-state index < -0.39 is 0 Å². The van der Waals surface area contributed by atoms with E-state index in [9.17, 15) is 4.79 Å². The number of ketones is 1. The molecule has 0 aromatic heterocycles. The molecule has 0 heterocycles. The van der Waals surface area contributed by atoms with Crippen LogP contribution in [0.1, 0.15) is 25.3 Å². The lowest BCUT2D eigenvalue weighted by atomic mass is 10.1. The summed E-state index contributed by atoms with van der Waals surface area (Å²) >= 11 is 0. The van der Waals surface area contributed by atoms with E-state index in [1.54, 1.807) is 0 Å². The molecule has 1 aromatic carbocycles. The highest BCUT2D eigenvalue weighted by Gasteiger charge is 1.99. The maximum absolute atomic E-state index is 11.3. The zero-order chi connectivity index (χ0) is 10.2. The minimum absolute atomic E-state index is 0.312. The zero-order valence-electron chi connectivity index (χ0n) is 8.57. The number of aryl methyl sites for hydroxylation is 1. The third-order valence-corrected chi connectivity index (χ3v) is 2.12. The van der Waals surface area contributed by atoms with Crippen LogP contribution in [0.15, 0.2) is 42.5 Å². The maximum atomic E-state index is 11.3. The van der Waals surface area contributed by atoms with Gasteiger partial charge in [0, 0.05) is 12.8 Å². The number of hydrogen-bond donors (Lipinski definition) is 0. The molecule has 1 aromatic rings. The highest BCUT2D eigenvalue weighted by atomic mass is 16.1. The third kappa shape index (κ3) is 4.04. The van der Waals surface area contributed by atoms with Crippen LogP contribution in [0, 0.1) is 0 Å². The Morgan fingerprint density at radius 2 is 2.00 bits per heavy atom. The van der Waals surface area contributed by atoms with Gasteiger partial charge in [-0.1, -0.05) is 42.5 Å². The lowest BCUT2D eigenvalue weighted by Gasteiger charge is -1.98. The first-order valence-electron chi connectivity index (χ1n) is 4.99. The van der Waals surface area contributed by atoms with E-state index in [4.69, 9.17) is 0 Å². The fourth-order valence-electron chi connectivity index (χ4n) is 1.28. The van der Waals surface area contributed by atoms with Gasteiger partial charge >= 0.3 is 0 Å². The molecular formula is C13H16O. The molecule has 0 spiro atoms. The zero-order valence-corrected chi connectivity index (χ0v) is 8.57. The van der Waals surface area contributed by atoms with Crippen molar-refractivity contribution in [2.45, 2.75) is 26.2 Å². The summed E-state index contributed by atoms with van der Waals surface area (Å²) in [7, 11) is 0. The van der Waals surface area contributed by atoms with Crippen LogP contribution in [0.5, 0.6) is 0 Å². The molecule has 0 aliphatic rings. The second-order valence-corrected chi connectivity index (χ2v) is 3.30. The van der Waals surface area contributed by atoms with Crippen molar-refractivity contribution < 1.29 is 4.79 Å². The van der Waals surface area contributed by atoms with Crippen LogP contribution >= 0.6 is 0 Å². The SMILES string of the molecule is C/C=C\CC(=O)CCc1ccccc1. The molecule has 0 aliphatic carbocycles. The highest BCUT2D eigenvalue weighted by Crippen LogP contribution is 2.04. The van der Waals surface area contributed by atoms with Crippen LogP contribution in [0.3, 0.4) is 0 Å². The van der Waals surface area contributed by atoms with Gasteiger partial charge in [0.15, 0.2) is 0 Å². The van der Waals surface area contributed by atoms with Crippen molar-refractivity contribution >= 4 is 5.78 Å². The summed E-state index contributed by atoms with van der Waals surface area (Å²) in [6, 6.07) is 10.1. The first kappa shape index (κ1) is 10.7. The fraction of sp³-hybridized carbons (Fsp3) is 0.308. The largest absolute Gasteiger partial charge is 0.299 e. The van der Waals surface area contributed by atoms with Crippen LogP contribution in [0.4, 0.5) is 0 Å². The van der Waals surface area contributed by atoms with Crippen LogP contribution in [0.2, 0.25) is 0 Å². The molecule has 0 aliphatic heterocycles. The minimum Gasteiger partial charge on any atom is -0.299 e. The Kier molecular flexibility index (Phi) is 4.70. The molecule has 0 radical (unpaired) electrons. The standard InChI is InChI=1S/C13H16O/c1-2-3-9-13(14)11-10-12-7-5-4-6-8-12/h2-8H,9-11H2,1H3/b3-2-. The van der Waals surface area contributed by atoms with Gasteiger partial charge in [-0.2, -0.15) is 0 Å². The highest BCUT2D eigenvalue weighted by molar-refractivity contribution is 5.80. The molecule has 1 rings (SSSR count). The molecule has 0 saturated heterocycles. The summed E-state index contributed by atoms with van der Waals surface area (Å²) in [6.45, 7) is 1.93. The Hall–Kier alpha value is -1.37. The monoisotopic (exact) mass is 188 g/mol. The average molecular weight is 188 g/mol. The van der Waals surface area contributed by atoms with Crippen LogP contribution in [-0.4, -0.2) is 5.78 Å². The second-order valence-electron chi connectivity index (χ2n) is 3.30. The molecule has 0 bridgehead atoms. The van der Waals surface area contributed by atoms with E-state index in [0.717, 1.165) is 6.42 Å². The van der Waals surface area contributed by atoms with Gasteiger partial charge in [0.2, 0.25) is 0 Å². The van der Waals surface area contributed by atoms with E-state index in [1.807, 2.05) is 37.3 Å². The first-order chi connectivity index (χ1) is 6.83. The summed E-state index contributed by atoms with van der Waals surface area (Å²) in [6.07, 6.45) is 5.91. The molecule has 0 amide bonds. The Bertz CT molecular complexity index is 298. The van der Waals surface area contributed by atoms with Crippen molar-refractivity contribution in [3.05, 3.63) is 48.0 Å². The Balaban J connectivity index is 2.31. The van der Waals surface area contributed by atoms with Gasteiger partial charge in [-0.25, -0.2) is 0 Å². The number of Topliss-reactive ketones (excluding diaryl/α,β-unsaturated/α-hetero) is 1. The summed E-state index contributed by atoms with van der Waals surface area (Å²) in [5.41, 5.74) is 1.24. The normalized spacial score (nSPS) is 10.6. The number of hydrogen-bond acceptors (Lipinski definition) is 1. The molecule has 0 saturated carbocycles. The van der Waals surface area contributed by atoms with Gasteiger partial charge in [0.25, 0.3) is 0 Å². The third-order valence-electron chi connectivity index (χ3n) is 2.12. The number of carbonyl (C=O) groups is 1. The lowest BCUT2D eigenvalue weighted by Crippen LogP contribution is -1.98. The van der Waals surface area contributed by atoms with E-state index in [-0.39, 0.29) is 0 Å². The van der Waals surface area contributed by atoms with Gasteiger partial charge in [-0.3, -0.25) is 4.79 Å². The van der Waals surface area contributed by atoms with Crippen molar-refractivity contribution in [1.82, 2.24) is 0 Å². The molecule has 1 heteroatoms. The predicted molar refractivity (Wildman–Crippen MR) is 59.2 cm³/mol. The molecule has 0 fully saturated rings. The van der Waals surface area contributed by atoms with Crippen molar-refractivity contribution in [1.29, 1.82) is 0 Å². The summed E-state index contributed by atoms with van der Waals surface area (Å²) in [4.78, 5) is 11.3. The average Bonchev–Trinajstić information content (AvgIpc) is 2.25. The van der Waals surface area contributed by atoms with Gasteiger partial charge in [0.05, 0.1) is 0 Å². The van der Waals surface area contributed by atoms with Crippen LogP contribution in [-0.2, 0) is 11.2 Å². The van der Waals surface area contributed by atoms with Crippen LogP contribution < -0.4 is 0 Å². The van der Waals surface area contributed by atoms with E-state index >= 15 is 0 Å². The number of allylic oxidation sites excluding steroid dienone is 2. The first-order valence-corrected chi connectivity index (χ1v) is 4.99. The molecule has 0 atom stereocenters. The van der Waals surface area contributed by atoms with E-state index in [1.165, 1.54) is 5.56 Å². The topological polar surface area (TPSA) is 17.1 Å². The van der Waals surface area contributed by atoms with Crippen molar-refractivity contribution in [3.63, 3.8) is 0 Å². The van der Waals surface area contributed by atoms with Crippen LogP contribution in [0.25, 0.3) is 0 Å². The molecular weight excluding hydrogens is 172 g/mol. The van der Waals surface area contributed by atoms with Crippen molar-refractivity contribution in [2.24, 2.45) is 0 Å². The Morgan fingerprint density at radius 3 is 2.64 bits per heavy atom. The number of benzene rings is 1.